The Kier molecular flexibility index (Phi) is 4.56. The molecule has 0 radical (unpaired) electrons. The predicted molar refractivity (Wildman–Crippen MR) is 96.6 cm³/mol. The molecule has 1 unspecified atom stereocenters. The molecule has 6 heteroatoms. The summed E-state index contributed by atoms with van der Waals surface area (Å²) in [5.74, 6) is -0.121. The lowest BCUT2D eigenvalue weighted by Crippen LogP contribution is -2.17. The minimum Gasteiger partial charge on any atom is -0.282 e. The van der Waals surface area contributed by atoms with Crippen molar-refractivity contribution in [2.45, 2.75) is 17.7 Å². The van der Waals surface area contributed by atoms with Gasteiger partial charge in [-0.05, 0) is 36.8 Å². The highest BCUT2D eigenvalue weighted by molar-refractivity contribution is 7.90. The minimum atomic E-state index is -3.21. The number of allylic oxidation sites excluding steroid dienone is 1. The molecule has 3 rings (SSSR count). The third-order valence-electron chi connectivity index (χ3n) is 3.92. The van der Waals surface area contributed by atoms with Crippen molar-refractivity contribution in [2.75, 3.05) is 12.8 Å². The number of sulfone groups is 1. The second-order valence-electron chi connectivity index (χ2n) is 5.82. The van der Waals surface area contributed by atoms with Crippen molar-refractivity contribution in [3.8, 4) is 0 Å². The Morgan fingerprint density at radius 3 is 2.42 bits per heavy atom. The first-order valence-electron chi connectivity index (χ1n) is 7.48. The molecule has 0 saturated carbocycles. The predicted octanol–water partition coefficient (Wildman–Crippen LogP) is 3.50. The summed E-state index contributed by atoms with van der Waals surface area (Å²) in [6.45, 7) is 2.38. The van der Waals surface area contributed by atoms with E-state index in [4.69, 9.17) is 11.6 Å². The molecule has 24 heavy (non-hydrogen) atoms. The van der Waals surface area contributed by atoms with Gasteiger partial charge in [-0.2, -0.15) is 0 Å². The Morgan fingerprint density at radius 2 is 1.83 bits per heavy atom. The van der Waals surface area contributed by atoms with Crippen LogP contribution < -0.4 is 0 Å². The molecule has 124 valence electrons. The number of aliphatic imine (C=N–C) groups is 1. The molecule has 1 aromatic carbocycles. The molecular weight excluding hydrogens is 344 g/mol. The van der Waals surface area contributed by atoms with E-state index < -0.39 is 9.84 Å². The van der Waals surface area contributed by atoms with Crippen LogP contribution in [0.25, 0.3) is 0 Å². The summed E-state index contributed by atoms with van der Waals surface area (Å²) in [6.07, 6.45) is 4.96. The molecule has 0 saturated heterocycles. The van der Waals surface area contributed by atoms with E-state index in [-0.39, 0.29) is 5.92 Å². The summed E-state index contributed by atoms with van der Waals surface area (Å²) in [7, 11) is -3.21. The number of halogens is 1. The van der Waals surface area contributed by atoms with Crippen molar-refractivity contribution in [1.82, 2.24) is 4.98 Å². The normalized spacial score (nSPS) is 18.0. The SMILES string of the molecule is Cc1ccc(C2=NCC(Cl)=CC2c2ccc(S(C)(=O)=O)cc2)cn1. The highest BCUT2D eigenvalue weighted by atomic mass is 35.5. The van der Waals surface area contributed by atoms with Crippen LogP contribution in [0.4, 0.5) is 0 Å². The van der Waals surface area contributed by atoms with Crippen molar-refractivity contribution in [3.05, 3.63) is 70.5 Å². The van der Waals surface area contributed by atoms with Crippen molar-refractivity contribution >= 4 is 27.1 Å². The monoisotopic (exact) mass is 360 g/mol. The first-order chi connectivity index (χ1) is 11.3. The topological polar surface area (TPSA) is 59.4 Å². The number of nitrogens with zero attached hydrogens (tertiary/aromatic N) is 2. The molecule has 2 aromatic rings. The van der Waals surface area contributed by atoms with Gasteiger partial charge in [-0.3, -0.25) is 9.98 Å². The van der Waals surface area contributed by atoms with Gasteiger partial charge in [0.15, 0.2) is 9.84 Å². The number of hydrogen-bond acceptors (Lipinski definition) is 4. The molecule has 4 nitrogen and oxygen atoms in total. The van der Waals surface area contributed by atoms with Crippen LogP contribution in [0, 0.1) is 6.92 Å². The van der Waals surface area contributed by atoms with E-state index in [9.17, 15) is 8.42 Å². The molecule has 0 amide bonds. The number of dihydropyridines is 1. The molecule has 1 aromatic heterocycles. The summed E-state index contributed by atoms with van der Waals surface area (Å²) in [5, 5.41) is 0.677. The molecule has 0 spiro atoms. The van der Waals surface area contributed by atoms with Gasteiger partial charge in [0, 0.05) is 34.7 Å². The number of benzene rings is 1. The summed E-state index contributed by atoms with van der Waals surface area (Å²) in [6, 6.07) is 10.8. The van der Waals surface area contributed by atoms with E-state index in [0.717, 1.165) is 22.5 Å². The fraction of sp³-hybridized carbons (Fsp3) is 0.222. The second-order valence-corrected chi connectivity index (χ2v) is 8.32. The van der Waals surface area contributed by atoms with E-state index in [2.05, 4.69) is 9.98 Å². The average molecular weight is 361 g/mol. The van der Waals surface area contributed by atoms with Gasteiger partial charge < -0.3 is 0 Å². The maximum absolute atomic E-state index is 11.6. The van der Waals surface area contributed by atoms with Crippen molar-refractivity contribution < 1.29 is 8.42 Å². The van der Waals surface area contributed by atoms with Crippen LogP contribution >= 0.6 is 11.6 Å². The number of aromatic nitrogens is 1. The lowest BCUT2D eigenvalue weighted by atomic mass is 9.88. The number of rotatable bonds is 3. The van der Waals surface area contributed by atoms with Gasteiger partial charge in [-0.1, -0.05) is 29.8 Å². The highest BCUT2D eigenvalue weighted by Crippen LogP contribution is 2.29. The zero-order valence-corrected chi connectivity index (χ0v) is 15.0. The standard InChI is InChI=1S/C18H17ClN2O2S/c1-12-3-4-14(10-20-12)18-17(9-15(19)11-21-18)13-5-7-16(8-6-13)24(2,22)23/h3-10,17H,11H2,1-2H3. The lowest BCUT2D eigenvalue weighted by Gasteiger charge is -2.21. The van der Waals surface area contributed by atoms with Crippen molar-refractivity contribution in [3.63, 3.8) is 0 Å². The smallest absolute Gasteiger partial charge is 0.175 e. The van der Waals surface area contributed by atoms with Crippen LogP contribution in [0.3, 0.4) is 0 Å². The molecule has 0 N–H and O–H groups in total. The summed E-state index contributed by atoms with van der Waals surface area (Å²) in [5.41, 5.74) is 3.72. The van der Waals surface area contributed by atoms with E-state index >= 15 is 0 Å². The van der Waals surface area contributed by atoms with Crippen molar-refractivity contribution in [1.29, 1.82) is 0 Å². The van der Waals surface area contributed by atoms with Crippen LogP contribution in [-0.4, -0.2) is 31.9 Å². The van der Waals surface area contributed by atoms with E-state index in [1.54, 1.807) is 18.3 Å². The molecule has 0 aliphatic carbocycles. The maximum Gasteiger partial charge on any atom is 0.175 e. The fourth-order valence-electron chi connectivity index (χ4n) is 2.64. The van der Waals surface area contributed by atoms with Gasteiger partial charge in [-0.15, -0.1) is 0 Å². The van der Waals surface area contributed by atoms with Gasteiger partial charge in [0.1, 0.15) is 0 Å². The van der Waals surface area contributed by atoms with Crippen LogP contribution in [0.15, 0.2) is 63.6 Å². The summed E-state index contributed by atoms with van der Waals surface area (Å²) >= 11 is 6.19. The fourth-order valence-corrected chi connectivity index (χ4v) is 3.45. The van der Waals surface area contributed by atoms with E-state index in [1.165, 1.54) is 6.26 Å². The maximum atomic E-state index is 11.6. The van der Waals surface area contributed by atoms with Gasteiger partial charge >= 0.3 is 0 Å². The lowest BCUT2D eigenvalue weighted by molar-refractivity contribution is 0.602. The van der Waals surface area contributed by atoms with Gasteiger partial charge in [0.2, 0.25) is 0 Å². The van der Waals surface area contributed by atoms with E-state index in [0.29, 0.717) is 16.5 Å². The molecule has 2 heterocycles. The zero-order valence-electron chi connectivity index (χ0n) is 13.4. The first kappa shape index (κ1) is 16.9. The molecular formula is C18H17ClN2O2S. The number of hydrogen-bond donors (Lipinski definition) is 0. The average Bonchev–Trinajstić information content (AvgIpc) is 2.55. The molecule has 1 aliphatic rings. The Bertz CT molecular complexity index is 914. The number of aryl methyl sites for hydroxylation is 1. The van der Waals surface area contributed by atoms with Crippen LogP contribution in [0.2, 0.25) is 0 Å². The van der Waals surface area contributed by atoms with Gasteiger partial charge in [0.05, 0.1) is 17.2 Å². The van der Waals surface area contributed by atoms with Crippen molar-refractivity contribution in [2.24, 2.45) is 4.99 Å². The van der Waals surface area contributed by atoms with Gasteiger partial charge in [-0.25, -0.2) is 8.42 Å². The molecule has 1 aliphatic heterocycles. The Labute approximate surface area is 146 Å². The van der Waals surface area contributed by atoms with Crippen LogP contribution in [0.1, 0.15) is 22.7 Å². The van der Waals surface area contributed by atoms with Crippen LogP contribution in [0.5, 0.6) is 0 Å². The summed E-state index contributed by atoms with van der Waals surface area (Å²) in [4.78, 5) is 9.23. The quantitative estimate of drug-likeness (QED) is 0.841. The molecule has 0 bridgehead atoms. The molecule has 0 fully saturated rings. The largest absolute Gasteiger partial charge is 0.282 e. The molecule has 1 atom stereocenters. The Balaban J connectivity index is 2.00. The van der Waals surface area contributed by atoms with Crippen LogP contribution in [-0.2, 0) is 9.84 Å². The number of pyridine rings is 1. The first-order valence-corrected chi connectivity index (χ1v) is 9.75. The Hall–Kier alpha value is -1.98. The zero-order chi connectivity index (χ0) is 17.3. The summed E-state index contributed by atoms with van der Waals surface area (Å²) < 4.78 is 23.3. The van der Waals surface area contributed by atoms with Gasteiger partial charge in [0.25, 0.3) is 0 Å². The third kappa shape index (κ3) is 3.57. The Morgan fingerprint density at radius 1 is 1.12 bits per heavy atom. The minimum absolute atomic E-state index is 0.121. The second kappa shape index (κ2) is 6.49. The highest BCUT2D eigenvalue weighted by Gasteiger charge is 2.22. The van der Waals surface area contributed by atoms with E-state index in [1.807, 2.05) is 37.3 Å². The third-order valence-corrected chi connectivity index (χ3v) is 5.29.